The fourth-order valence-electron chi connectivity index (χ4n) is 5.19. The van der Waals surface area contributed by atoms with Crippen LogP contribution in [0.2, 0.25) is 0 Å². The number of piperidine rings is 1. The monoisotopic (exact) mass is 423 g/mol. The van der Waals surface area contributed by atoms with Crippen LogP contribution in [-0.4, -0.2) is 69.0 Å². The molecule has 0 aromatic carbocycles. The molecular weight excluding hydrogens is 390 g/mol. The molecule has 1 N–H and O–H groups in total. The van der Waals surface area contributed by atoms with E-state index in [4.69, 9.17) is 0 Å². The van der Waals surface area contributed by atoms with Gasteiger partial charge in [-0.25, -0.2) is 4.68 Å². The van der Waals surface area contributed by atoms with Crippen LogP contribution in [0.5, 0.6) is 0 Å². The van der Waals surface area contributed by atoms with Gasteiger partial charge in [0.15, 0.2) is 0 Å². The second-order valence-corrected chi connectivity index (χ2v) is 9.29. The standard InChI is InChI=1S/C23H33N7O/c1-28-10-8-20-18(16-28)13-22(26-25-20)24-15-19-6-2-3-9-29(19)11-12-30-23(31)14-17-5-4-7-21(17)27-30/h13-14,19H,2-12,15-16H2,1H3,(H,24,26). The van der Waals surface area contributed by atoms with Crippen molar-refractivity contribution < 1.29 is 0 Å². The van der Waals surface area contributed by atoms with Crippen LogP contribution in [0, 0.1) is 0 Å². The topological polar surface area (TPSA) is 79.2 Å². The van der Waals surface area contributed by atoms with Gasteiger partial charge < -0.3 is 10.2 Å². The minimum atomic E-state index is 0.0432. The van der Waals surface area contributed by atoms with Crippen molar-refractivity contribution in [1.29, 1.82) is 0 Å². The Morgan fingerprint density at radius 1 is 1.00 bits per heavy atom. The number of rotatable bonds is 6. The molecule has 1 aliphatic carbocycles. The van der Waals surface area contributed by atoms with Crippen LogP contribution in [0.1, 0.15) is 48.2 Å². The largest absolute Gasteiger partial charge is 0.367 e. The fraction of sp³-hybridized carbons (Fsp3) is 0.652. The van der Waals surface area contributed by atoms with Crippen molar-refractivity contribution in [1.82, 2.24) is 29.8 Å². The van der Waals surface area contributed by atoms with Gasteiger partial charge in [0.05, 0.1) is 17.9 Å². The van der Waals surface area contributed by atoms with E-state index in [1.54, 1.807) is 10.7 Å². The number of nitrogens with one attached hydrogen (secondary N) is 1. The molecule has 1 fully saturated rings. The Balaban J connectivity index is 1.20. The van der Waals surface area contributed by atoms with Gasteiger partial charge in [0.2, 0.25) is 0 Å². The lowest BCUT2D eigenvalue weighted by Gasteiger charge is -2.36. The van der Waals surface area contributed by atoms with E-state index < -0.39 is 0 Å². The first kappa shape index (κ1) is 20.6. The lowest BCUT2D eigenvalue weighted by atomic mass is 10.0. The molecule has 5 rings (SSSR count). The zero-order valence-electron chi connectivity index (χ0n) is 18.5. The van der Waals surface area contributed by atoms with Gasteiger partial charge >= 0.3 is 0 Å². The van der Waals surface area contributed by atoms with Crippen molar-refractivity contribution in [3.8, 4) is 0 Å². The Kier molecular flexibility index (Phi) is 6.00. The highest BCUT2D eigenvalue weighted by molar-refractivity contribution is 5.39. The van der Waals surface area contributed by atoms with Gasteiger partial charge in [-0.05, 0) is 62.9 Å². The third kappa shape index (κ3) is 4.65. The van der Waals surface area contributed by atoms with E-state index in [1.165, 1.54) is 24.8 Å². The number of hydrogen-bond donors (Lipinski definition) is 1. The molecule has 2 aromatic rings. The minimum Gasteiger partial charge on any atom is -0.367 e. The number of aromatic nitrogens is 4. The van der Waals surface area contributed by atoms with Crippen LogP contribution in [-0.2, 0) is 32.4 Å². The van der Waals surface area contributed by atoms with E-state index in [1.807, 2.05) is 0 Å². The van der Waals surface area contributed by atoms with Crippen LogP contribution in [0.3, 0.4) is 0 Å². The molecule has 2 aliphatic heterocycles. The zero-order valence-corrected chi connectivity index (χ0v) is 18.5. The third-order valence-electron chi connectivity index (χ3n) is 7.02. The molecule has 0 radical (unpaired) electrons. The second-order valence-electron chi connectivity index (χ2n) is 9.29. The molecule has 166 valence electrons. The summed E-state index contributed by atoms with van der Waals surface area (Å²) in [6, 6.07) is 4.41. The SMILES string of the molecule is CN1CCc2nnc(NCC3CCCCN3CCn3nc4c(cc3=O)CCC4)cc2C1. The molecule has 1 atom stereocenters. The van der Waals surface area contributed by atoms with Crippen molar-refractivity contribution >= 4 is 5.82 Å². The summed E-state index contributed by atoms with van der Waals surface area (Å²) in [6.45, 7) is 5.44. The molecule has 31 heavy (non-hydrogen) atoms. The number of anilines is 1. The smallest absolute Gasteiger partial charge is 0.267 e. The maximum atomic E-state index is 12.4. The van der Waals surface area contributed by atoms with E-state index >= 15 is 0 Å². The van der Waals surface area contributed by atoms with E-state index in [0.29, 0.717) is 12.6 Å². The van der Waals surface area contributed by atoms with Gasteiger partial charge in [-0.2, -0.15) is 10.2 Å². The summed E-state index contributed by atoms with van der Waals surface area (Å²) in [5.41, 5.74) is 4.73. The predicted molar refractivity (Wildman–Crippen MR) is 120 cm³/mol. The highest BCUT2D eigenvalue weighted by Crippen LogP contribution is 2.21. The number of likely N-dealkylation sites (tertiary alicyclic amines) is 1. The number of aryl methyl sites for hydroxylation is 2. The maximum absolute atomic E-state index is 12.4. The van der Waals surface area contributed by atoms with E-state index in [-0.39, 0.29) is 5.56 Å². The second kappa shape index (κ2) is 9.04. The molecule has 8 nitrogen and oxygen atoms in total. The Morgan fingerprint density at radius 2 is 1.94 bits per heavy atom. The van der Waals surface area contributed by atoms with Crippen molar-refractivity contribution in [3.05, 3.63) is 45.0 Å². The highest BCUT2D eigenvalue weighted by atomic mass is 16.1. The Morgan fingerprint density at radius 3 is 2.87 bits per heavy atom. The molecule has 0 spiro atoms. The van der Waals surface area contributed by atoms with Gasteiger partial charge in [0, 0.05) is 44.7 Å². The summed E-state index contributed by atoms with van der Waals surface area (Å²) >= 11 is 0. The summed E-state index contributed by atoms with van der Waals surface area (Å²) in [7, 11) is 2.15. The van der Waals surface area contributed by atoms with E-state index in [2.05, 4.69) is 43.5 Å². The van der Waals surface area contributed by atoms with Crippen molar-refractivity contribution in [2.45, 2.75) is 64.1 Å². The molecule has 0 amide bonds. The fourth-order valence-corrected chi connectivity index (χ4v) is 5.19. The Bertz CT molecular complexity index is 988. The van der Waals surface area contributed by atoms with Crippen LogP contribution < -0.4 is 10.9 Å². The number of likely N-dealkylation sites (N-methyl/N-ethyl adjacent to an activating group) is 1. The third-order valence-corrected chi connectivity index (χ3v) is 7.02. The average Bonchev–Trinajstić information content (AvgIpc) is 3.23. The normalized spacial score (nSPS) is 21.6. The van der Waals surface area contributed by atoms with Crippen molar-refractivity contribution in [2.24, 2.45) is 0 Å². The Labute approximate surface area is 183 Å². The molecule has 1 unspecified atom stereocenters. The lowest BCUT2D eigenvalue weighted by molar-refractivity contribution is 0.148. The molecule has 2 aromatic heterocycles. The summed E-state index contributed by atoms with van der Waals surface area (Å²) < 4.78 is 1.68. The minimum absolute atomic E-state index is 0.0432. The summed E-state index contributed by atoms with van der Waals surface area (Å²) in [6.07, 6.45) is 7.73. The average molecular weight is 424 g/mol. The summed E-state index contributed by atoms with van der Waals surface area (Å²) in [5.74, 6) is 0.871. The van der Waals surface area contributed by atoms with Crippen LogP contribution >= 0.6 is 0 Å². The lowest BCUT2D eigenvalue weighted by Crippen LogP contribution is -2.45. The highest BCUT2D eigenvalue weighted by Gasteiger charge is 2.23. The molecule has 0 bridgehead atoms. The van der Waals surface area contributed by atoms with Crippen LogP contribution in [0.4, 0.5) is 5.82 Å². The number of hydrogen-bond acceptors (Lipinski definition) is 7. The molecular formula is C23H33N7O. The first-order valence-electron chi connectivity index (χ1n) is 11.8. The van der Waals surface area contributed by atoms with Gasteiger partial charge in [-0.15, -0.1) is 5.10 Å². The summed E-state index contributed by atoms with van der Waals surface area (Å²) in [5, 5.41) is 17.0. The number of fused-ring (bicyclic) bond motifs is 2. The van der Waals surface area contributed by atoms with Gasteiger partial charge in [0.25, 0.3) is 5.56 Å². The van der Waals surface area contributed by atoms with E-state index in [0.717, 1.165) is 81.2 Å². The first-order valence-corrected chi connectivity index (χ1v) is 11.8. The molecule has 4 heterocycles. The van der Waals surface area contributed by atoms with Crippen molar-refractivity contribution in [2.75, 3.05) is 38.5 Å². The quantitative estimate of drug-likeness (QED) is 0.754. The van der Waals surface area contributed by atoms with E-state index in [9.17, 15) is 4.79 Å². The predicted octanol–water partition coefficient (Wildman–Crippen LogP) is 1.48. The Hall–Kier alpha value is -2.32. The summed E-state index contributed by atoms with van der Waals surface area (Å²) in [4.78, 5) is 17.3. The van der Waals surface area contributed by atoms with Crippen LogP contribution in [0.25, 0.3) is 0 Å². The van der Waals surface area contributed by atoms with Gasteiger partial charge in [-0.1, -0.05) is 6.42 Å². The molecule has 8 heteroatoms. The van der Waals surface area contributed by atoms with Crippen molar-refractivity contribution in [3.63, 3.8) is 0 Å². The molecule has 1 saturated heterocycles. The van der Waals surface area contributed by atoms with Gasteiger partial charge in [0.1, 0.15) is 5.82 Å². The molecule has 3 aliphatic rings. The van der Waals surface area contributed by atoms with Gasteiger partial charge in [-0.3, -0.25) is 9.69 Å². The zero-order chi connectivity index (χ0) is 21.2. The maximum Gasteiger partial charge on any atom is 0.267 e. The molecule has 0 saturated carbocycles. The van der Waals surface area contributed by atoms with Crippen LogP contribution in [0.15, 0.2) is 16.9 Å². The number of nitrogens with zero attached hydrogens (tertiary/aromatic N) is 6. The first-order chi connectivity index (χ1) is 15.2.